The number of halogens is 4. The number of hydrogen-bond donors (Lipinski definition) is 3. The van der Waals surface area contributed by atoms with Crippen LogP contribution in [0.1, 0.15) is 11.6 Å². The van der Waals surface area contributed by atoms with Gasteiger partial charge in [-0.2, -0.15) is 5.10 Å². The standard InChI is InChI=1S/C14H18Cl2N6O.2ClH/c1-17-12(9-6-21-22(2)8-9)14(23)19-4-3-18-13-11(16)5-10(15)7-20-13;;/h5-8,12,17H,3-4H2,1-2H3,(H,18,20)(H,19,23);2*1H. The largest absolute Gasteiger partial charge is 0.367 e. The summed E-state index contributed by atoms with van der Waals surface area (Å²) in [6.07, 6.45) is 4.97. The van der Waals surface area contributed by atoms with Gasteiger partial charge in [-0.3, -0.25) is 9.48 Å². The fourth-order valence-corrected chi connectivity index (χ4v) is 2.50. The fraction of sp³-hybridized carbons (Fsp3) is 0.357. The molecule has 0 aliphatic heterocycles. The van der Waals surface area contributed by atoms with Crippen molar-refractivity contribution in [3.05, 3.63) is 40.3 Å². The van der Waals surface area contributed by atoms with E-state index < -0.39 is 6.04 Å². The molecule has 2 heterocycles. The van der Waals surface area contributed by atoms with Crippen LogP contribution < -0.4 is 16.0 Å². The second-order valence-corrected chi connectivity index (χ2v) is 5.71. The van der Waals surface area contributed by atoms with Crippen molar-refractivity contribution in [2.24, 2.45) is 7.05 Å². The number of nitrogens with zero attached hydrogens (tertiary/aromatic N) is 3. The highest BCUT2D eigenvalue weighted by Gasteiger charge is 2.19. The van der Waals surface area contributed by atoms with Crippen molar-refractivity contribution >= 4 is 59.7 Å². The van der Waals surface area contributed by atoms with E-state index in [2.05, 4.69) is 26.0 Å². The zero-order valence-electron chi connectivity index (χ0n) is 13.6. The van der Waals surface area contributed by atoms with Crippen LogP contribution in [0.2, 0.25) is 10.0 Å². The summed E-state index contributed by atoms with van der Waals surface area (Å²) < 4.78 is 1.66. The van der Waals surface area contributed by atoms with Gasteiger partial charge < -0.3 is 16.0 Å². The van der Waals surface area contributed by atoms with Gasteiger partial charge in [0.05, 0.1) is 16.2 Å². The molecule has 2 rings (SSSR count). The van der Waals surface area contributed by atoms with Crippen molar-refractivity contribution in [2.45, 2.75) is 6.04 Å². The molecule has 1 unspecified atom stereocenters. The Morgan fingerprint density at radius 3 is 2.56 bits per heavy atom. The van der Waals surface area contributed by atoms with Crippen LogP contribution in [0.4, 0.5) is 5.82 Å². The number of pyridine rings is 1. The number of rotatable bonds is 7. The first kappa shape index (κ1) is 23.8. The summed E-state index contributed by atoms with van der Waals surface area (Å²) in [5, 5.41) is 13.8. The molecule has 2 aromatic heterocycles. The molecule has 140 valence electrons. The Bertz CT molecular complexity index is 681. The molecule has 0 aromatic carbocycles. The van der Waals surface area contributed by atoms with Crippen molar-refractivity contribution in [2.75, 3.05) is 25.5 Å². The van der Waals surface area contributed by atoms with Crippen LogP contribution in [0.3, 0.4) is 0 Å². The number of carbonyl (C=O) groups excluding carboxylic acids is 1. The summed E-state index contributed by atoms with van der Waals surface area (Å²) in [4.78, 5) is 16.3. The Morgan fingerprint density at radius 1 is 1.28 bits per heavy atom. The van der Waals surface area contributed by atoms with Crippen LogP contribution in [-0.2, 0) is 11.8 Å². The Kier molecular flexibility index (Phi) is 10.8. The molecular formula is C14H20Cl4N6O. The van der Waals surface area contributed by atoms with E-state index in [0.717, 1.165) is 5.56 Å². The molecule has 11 heteroatoms. The number of hydrogen-bond acceptors (Lipinski definition) is 5. The second kappa shape index (κ2) is 11.4. The molecule has 0 fully saturated rings. The Labute approximate surface area is 168 Å². The van der Waals surface area contributed by atoms with Crippen molar-refractivity contribution < 1.29 is 4.79 Å². The molecule has 0 bridgehead atoms. The zero-order chi connectivity index (χ0) is 16.8. The number of aromatic nitrogens is 3. The smallest absolute Gasteiger partial charge is 0.241 e. The number of aryl methyl sites for hydroxylation is 1. The summed E-state index contributed by atoms with van der Waals surface area (Å²) in [6, 6.07) is 1.16. The van der Waals surface area contributed by atoms with Crippen molar-refractivity contribution in [3.8, 4) is 0 Å². The average Bonchev–Trinajstić information content (AvgIpc) is 2.92. The Hall–Kier alpha value is -1.25. The van der Waals surface area contributed by atoms with Gasteiger partial charge in [0.1, 0.15) is 11.9 Å². The predicted molar refractivity (Wildman–Crippen MR) is 105 cm³/mol. The van der Waals surface area contributed by atoms with Crippen molar-refractivity contribution in [3.63, 3.8) is 0 Å². The molecule has 2 aromatic rings. The highest BCUT2D eigenvalue weighted by atomic mass is 35.5. The normalized spacial score (nSPS) is 11.0. The Balaban J connectivity index is 0.00000288. The van der Waals surface area contributed by atoms with E-state index in [1.165, 1.54) is 6.20 Å². The molecule has 0 aliphatic rings. The van der Waals surface area contributed by atoms with Crippen molar-refractivity contribution in [1.29, 1.82) is 0 Å². The summed E-state index contributed by atoms with van der Waals surface area (Å²) in [6.45, 7) is 0.918. The maximum atomic E-state index is 12.2. The number of amides is 1. The lowest BCUT2D eigenvalue weighted by Crippen LogP contribution is -2.38. The quantitative estimate of drug-likeness (QED) is 0.588. The monoisotopic (exact) mass is 428 g/mol. The highest BCUT2D eigenvalue weighted by Crippen LogP contribution is 2.22. The van der Waals surface area contributed by atoms with Gasteiger partial charge in [0.2, 0.25) is 5.91 Å². The third-order valence-corrected chi connectivity index (χ3v) is 3.63. The van der Waals surface area contributed by atoms with Gasteiger partial charge in [-0.05, 0) is 13.1 Å². The van der Waals surface area contributed by atoms with Crippen LogP contribution >= 0.6 is 48.0 Å². The molecule has 7 nitrogen and oxygen atoms in total. The van der Waals surface area contributed by atoms with Crippen molar-refractivity contribution in [1.82, 2.24) is 25.4 Å². The van der Waals surface area contributed by atoms with Gasteiger partial charge in [0, 0.05) is 38.1 Å². The van der Waals surface area contributed by atoms with Gasteiger partial charge in [0.25, 0.3) is 0 Å². The third-order valence-electron chi connectivity index (χ3n) is 3.13. The van der Waals surface area contributed by atoms with Gasteiger partial charge >= 0.3 is 0 Å². The number of anilines is 1. The van der Waals surface area contributed by atoms with E-state index in [-0.39, 0.29) is 30.7 Å². The van der Waals surface area contributed by atoms with Crippen LogP contribution in [0.5, 0.6) is 0 Å². The van der Waals surface area contributed by atoms with E-state index in [0.29, 0.717) is 29.0 Å². The molecule has 0 radical (unpaired) electrons. The SMILES string of the molecule is CNC(C(=O)NCCNc1ncc(Cl)cc1Cl)c1cnn(C)c1.Cl.Cl. The van der Waals surface area contributed by atoms with E-state index >= 15 is 0 Å². The minimum absolute atomic E-state index is 0. The molecule has 1 atom stereocenters. The van der Waals surface area contributed by atoms with Crippen LogP contribution in [0, 0.1) is 0 Å². The van der Waals surface area contributed by atoms with Gasteiger partial charge in [0.15, 0.2) is 0 Å². The fourth-order valence-electron chi connectivity index (χ4n) is 2.05. The van der Waals surface area contributed by atoms with Crippen LogP contribution in [0.25, 0.3) is 0 Å². The molecule has 1 amide bonds. The van der Waals surface area contributed by atoms with Crippen LogP contribution in [0.15, 0.2) is 24.7 Å². The maximum absolute atomic E-state index is 12.2. The zero-order valence-corrected chi connectivity index (χ0v) is 16.8. The maximum Gasteiger partial charge on any atom is 0.241 e. The number of nitrogens with one attached hydrogen (secondary N) is 3. The summed E-state index contributed by atoms with van der Waals surface area (Å²) in [5.41, 5.74) is 0.808. The second-order valence-electron chi connectivity index (χ2n) is 4.87. The molecule has 0 spiro atoms. The lowest BCUT2D eigenvalue weighted by atomic mass is 10.1. The first-order chi connectivity index (χ1) is 11.0. The summed E-state index contributed by atoms with van der Waals surface area (Å²) in [5.74, 6) is 0.403. The first-order valence-corrected chi connectivity index (χ1v) is 7.75. The van der Waals surface area contributed by atoms with E-state index in [1.807, 2.05) is 0 Å². The molecule has 25 heavy (non-hydrogen) atoms. The predicted octanol–water partition coefficient (Wildman–Crippen LogP) is 2.45. The topological polar surface area (TPSA) is 83.9 Å². The summed E-state index contributed by atoms with van der Waals surface area (Å²) >= 11 is 11.8. The molecule has 0 saturated heterocycles. The third kappa shape index (κ3) is 6.87. The summed E-state index contributed by atoms with van der Waals surface area (Å²) in [7, 11) is 3.54. The molecule has 0 aliphatic carbocycles. The Morgan fingerprint density at radius 2 is 2.00 bits per heavy atom. The lowest BCUT2D eigenvalue weighted by Gasteiger charge is -2.15. The van der Waals surface area contributed by atoms with E-state index in [4.69, 9.17) is 23.2 Å². The number of carbonyl (C=O) groups is 1. The van der Waals surface area contributed by atoms with Gasteiger partial charge in [-0.15, -0.1) is 24.8 Å². The first-order valence-electron chi connectivity index (χ1n) is 6.99. The lowest BCUT2D eigenvalue weighted by molar-refractivity contribution is -0.123. The highest BCUT2D eigenvalue weighted by molar-refractivity contribution is 6.35. The minimum atomic E-state index is -0.444. The van der Waals surface area contributed by atoms with Crippen LogP contribution in [-0.4, -0.2) is 40.8 Å². The minimum Gasteiger partial charge on any atom is -0.367 e. The van der Waals surface area contributed by atoms with Gasteiger partial charge in [-0.1, -0.05) is 23.2 Å². The van der Waals surface area contributed by atoms with E-state index in [1.54, 1.807) is 37.2 Å². The average molecular weight is 430 g/mol. The molecule has 0 saturated carbocycles. The molecule has 3 N–H and O–H groups in total. The van der Waals surface area contributed by atoms with Gasteiger partial charge in [-0.25, -0.2) is 4.98 Å². The van der Waals surface area contributed by atoms with E-state index in [9.17, 15) is 4.79 Å². The number of likely N-dealkylation sites (N-methyl/N-ethyl adjacent to an activating group) is 1. The molecular weight excluding hydrogens is 410 g/mol.